The molecule has 1 atom stereocenters. The molecule has 1 aromatic rings. The Morgan fingerprint density at radius 3 is 2.87 bits per heavy atom. The van der Waals surface area contributed by atoms with Gasteiger partial charge in [0.1, 0.15) is 0 Å². The van der Waals surface area contributed by atoms with Crippen LogP contribution in [0.2, 0.25) is 0 Å². The van der Waals surface area contributed by atoms with Gasteiger partial charge in [-0.25, -0.2) is 0 Å². The maximum Gasteiger partial charge on any atom is 0.176 e. The van der Waals surface area contributed by atoms with Crippen LogP contribution in [0.25, 0.3) is 0 Å². The summed E-state index contributed by atoms with van der Waals surface area (Å²) in [5.41, 5.74) is 1.29. The Hall–Kier alpha value is -0.790. The summed E-state index contributed by atoms with van der Waals surface area (Å²) < 4.78 is 0. The van der Waals surface area contributed by atoms with Crippen LogP contribution < -0.4 is 0 Å². The number of hydrogen-bond donors (Lipinski definition) is 1. The SMILES string of the molecule is CC(Br)C(=O)c1cccc(S)c1CC#N. The van der Waals surface area contributed by atoms with E-state index in [4.69, 9.17) is 5.26 Å². The molecule has 1 aromatic carbocycles. The minimum atomic E-state index is -0.245. The highest BCUT2D eigenvalue weighted by Crippen LogP contribution is 2.21. The van der Waals surface area contributed by atoms with Crippen molar-refractivity contribution in [1.82, 2.24) is 0 Å². The minimum Gasteiger partial charge on any atom is -0.293 e. The van der Waals surface area contributed by atoms with Crippen LogP contribution in [0.1, 0.15) is 22.8 Å². The quantitative estimate of drug-likeness (QED) is 0.526. The van der Waals surface area contributed by atoms with Gasteiger partial charge in [-0.05, 0) is 18.6 Å². The zero-order valence-corrected chi connectivity index (χ0v) is 10.7. The van der Waals surface area contributed by atoms with Crippen LogP contribution in [0.4, 0.5) is 0 Å². The van der Waals surface area contributed by atoms with Crippen LogP contribution in [0, 0.1) is 11.3 Å². The summed E-state index contributed by atoms with van der Waals surface area (Å²) in [5.74, 6) is -0.0175. The molecule has 0 aliphatic carbocycles. The van der Waals surface area contributed by atoms with Crippen LogP contribution in [0.5, 0.6) is 0 Å². The van der Waals surface area contributed by atoms with Crippen molar-refractivity contribution in [2.45, 2.75) is 23.1 Å². The highest BCUT2D eigenvalue weighted by Gasteiger charge is 2.16. The molecule has 0 spiro atoms. The van der Waals surface area contributed by atoms with E-state index in [2.05, 4.69) is 28.6 Å². The third-order valence-corrected chi connectivity index (χ3v) is 2.87. The van der Waals surface area contributed by atoms with Crippen molar-refractivity contribution in [3.8, 4) is 6.07 Å². The number of nitrogens with zero attached hydrogens (tertiary/aromatic N) is 1. The second kappa shape index (κ2) is 5.34. The average molecular weight is 284 g/mol. The van der Waals surface area contributed by atoms with E-state index in [1.807, 2.05) is 6.07 Å². The van der Waals surface area contributed by atoms with Crippen LogP contribution in [-0.2, 0) is 6.42 Å². The summed E-state index contributed by atoms with van der Waals surface area (Å²) in [6.45, 7) is 1.77. The summed E-state index contributed by atoms with van der Waals surface area (Å²) in [4.78, 5) is 12.2. The van der Waals surface area contributed by atoms with Crippen molar-refractivity contribution in [3.05, 3.63) is 29.3 Å². The van der Waals surface area contributed by atoms with Crippen molar-refractivity contribution >= 4 is 34.3 Å². The number of hydrogen-bond acceptors (Lipinski definition) is 3. The van der Waals surface area contributed by atoms with Gasteiger partial charge in [0.2, 0.25) is 0 Å². The minimum absolute atomic E-state index is 0.0175. The lowest BCUT2D eigenvalue weighted by molar-refractivity contribution is 0.0995. The Bertz CT molecular complexity index is 423. The number of Topliss-reactive ketones (excluding diaryl/α,β-unsaturated/α-hetero) is 1. The molecule has 0 bridgehead atoms. The van der Waals surface area contributed by atoms with E-state index in [1.54, 1.807) is 25.1 Å². The topological polar surface area (TPSA) is 40.9 Å². The summed E-state index contributed by atoms with van der Waals surface area (Å²) in [7, 11) is 0. The summed E-state index contributed by atoms with van der Waals surface area (Å²) in [6.07, 6.45) is 0.209. The Morgan fingerprint density at radius 1 is 1.67 bits per heavy atom. The zero-order valence-electron chi connectivity index (χ0n) is 8.20. The van der Waals surface area contributed by atoms with Crippen LogP contribution in [-0.4, -0.2) is 10.6 Å². The van der Waals surface area contributed by atoms with Gasteiger partial charge in [-0.15, -0.1) is 12.6 Å². The van der Waals surface area contributed by atoms with Gasteiger partial charge in [-0.1, -0.05) is 28.1 Å². The van der Waals surface area contributed by atoms with Gasteiger partial charge in [0.05, 0.1) is 17.3 Å². The fraction of sp³-hybridized carbons (Fsp3) is 0.273. The Morgan fingerprint density at radius 2 is 2.33 bits per heavy atom. The lowest BCUT2D eigenvalue weighted by Crippen LogP contribution is -2.12. The summed E-state index contributed by atoms with van der Waals surface area (Å²) in [6, 6.07) is 7.32. The Kier molecular flexibility index (Phi) is 4.37. The third-order valence-electron chi connectivity index (χ3n) is 2.03. The predicted molar refractivity (Wildman–Crippen MR) is 65.7 cm³/mol. The molecule has 0 heterocycles. The molecule has 0 saturated carbocycles. The summed E-state index contributed by atoms with van der Waals surface area (Å²) >= 11 is 7.47. The van der Waals surface area contributed by atoms with Gasteiger partial charge in [-0.2, -0.15) is 5.26 Å². The summed E-state index contributed by atoms with van der Waals surface area (Å²) in [5, 5.41) is 8.68. The number of thiol groups is 1. The van der Waals surface area contributed by atoms with Crippen molar-refractivity contribution in [2.75, 3.05) is 0 Å². The van der Waals surface area contributed by atoms with Gasteiger partial charge in [0, 0.05) is 10.5 Å². The van der Waals surface area contributed by atoms with Gasteiger partial charge in [0.25, 0.3) is 0 Å². The molecule has 2 nitrogen and oxygen atoms in total. The standard InChI is InChI=1S/C11H10BrNOS/c1-7(12)11(14)9-3-2-4-10(15)8(9)5-6-13/h2-4,7,15H,5H2,1H3. The van der Waals surface area contributed by atoms with E-state index in [9.17, 15) is 4.79 Å². The molecule has 1 unspecified atom stereocenters. The second-order valence-corrected chi connectivity index (χ2v) is 4.97. The molecule has 1 rings (SSSR count). The van der Waals surface area contributed by atoms with E-state index >= 15 is 0 Å². The van der Waals surface area contributed by atoms with Crippen molar-refractivity contribution in [2.24, 2.45) is 0 Å². The number of benzene rings is 1. The van der Waals surface area contributed by atoms with Crippen molar-refractivity contribution in [1.29, 1.82) is 5.26 Å². The van der Waals surface area contributed by atoms with Crippen LogP contribution in [0.3, 0.4) is 0 Å². The molecule has 0 fully saturated rings. The number of nitriles is 1. The molecule has 0 N–H and O–H groups in total. The van der Waals surface area contributed by atoms with Crippen molar-refractivity contribution < 1.29 is 4.79 Å². The fourth-order valence-electron chi connectivity index (χ4n) is 1.28. The number of rotatable bonds is 3. The Balaban J connectivity index is 3.23. The number of carbonyl (C=O) groups is 1. The first kappa shape index (κ1) is 12.3. The van der Waals surface area contributed by atoms with Crippen molar-refractivity contribution in [3.63, 3.8) is 0 Å². The number of ketones is 1. The molecule has 0 radical (unpaired) electrons. The number of alkyl halides is 1. The zero-order chi connectivity index (χ0) is 11.4. The second-order valence-electron chi connectivity index (χ2n) is 3.12. The molecule has 0 amide bonds. The highest BCUT2D eigenvalue weighted by atomic mass is 79.9. The van der Waals surface area contributed by atoms with E-state index in [-0.39, 0.29) is 17.0 Å². The normalized spacial score (nSPS) is 11.9. The van der Waals surface area contributed by atoms with Gasteiger partial charge in [0.15, 0.2) is 5.78 Å². The first-order valence-corrected chi connectivity index (χ1v) is 5.80. The predicted octanol–water partition coefficient (Wildman–Crippen LogP) is 3.01. The van der Waals surface area contributed by atoms with E-state index in [0.29, 0.717) is 16.0 Å². The molecule has 15 heavy (non-hydrogen) atoms. The van der Waals surface area contributed by atoms with E-state index in [1.165, 1.54) is 0 Å². The molecular weight excluding hydrogens is 274 g/mol. The van der Waals surface area contributed by atoms with Gasteiger partial charge in [-0.3, -0.25) is 4.79 Å². The Labute approximate surface area is 103 Å². The molecule has 0 aromatic heterocycles. The molecular formula is C11H10BrNOS. The lowest BCUT2D eigenvalue weighted by Gasteiger charge is -2.09. The maximum atomic E-state index is 11.8. The van der Waals surface area contributed by atoms with Crippen LogP contribution in [0.15, 0.2) is 23.1 Å². The molecule has 0 aliphatic heterocycles. The number of carbonyl (C=O) groups excluding carboxylic acids is 1. The first-order chi connectivity index (χ1) is 7.07. The first-order valence-electron chi connectivity index (χ1n) is 4.44. The third kappa shape index (κ3) is 2.83. The maximum absolute atomic E-state index is 11.8. The van der Waals surface area contributed by atoms with E-state index < -0.39 is 0 Å². The molecule has 4 heteroatoms. The molecule has 0 saturated heterocycles. The highest BCUT2D eigenvalue weighted by molar-refractivity contribution is 9.10. The molecule has 0 aliphatic rings. The smallest absolute Gasteiger partial charge is 0.176 e. The average Bonchev–Trinajstić information content (AvgIpc) is 2.20. The van der Waals surface area contributed by atoms with Gasteiger partial charge >= 0.3 is 0 Å². The monoisotopic (exact) mass is 283 g/mol. The largest absolute Gasteiger partial charge is 0.293 e. The van der Waals surface area contributed by atoms with Crippen LogP contribution >= 0.6 is 28.6 Å². The number of halogens is 1. The molecule has 78 valence electrons. The van der Waals surface area contributed by atoms with Gasteiger partial charge < -0.3 is 0 Å². The fourth-order valence-corrected chi connectivity index (χ4v) is 1.82. The van der Waals surface area contributed by atoms with E-state index in [0.717, 1.165) is 0 Å². The lowest BCUT2D eigenvalue weighted by atomic mass is 10.00.